The molecule has 6 nitrogen and oxygen atoms in total. The SMILES string of the molecule is c1ccc(-c2nc(-c3cccc(-c4cccc5ccccc45)c3)nc(-c3cccc4oc5cc(-c6cccc7ccc8nc(-c9ccccc9)oc8c67)ccc5c34)n2)cc1. The highest BCUT2D eigenvalue weighted by Gasteiger charge is 2.20. The molecule has 12 rings (SSSR count). The molecule has 9 aromatic carbocycles. The molecule has 0 saturated carbocycles. The summed E-state index contributed by atoms with van der Waals surface area (Å²) in [6, 6.07) is 66.4. The zero-order valence-electron chi connectivity index (χ0n) is 32.1. The van der Waals surface area contributed by atoms with E-state index in [2.05, 4.69) is 115 Å². The third-order valence-electron chi connectivity index (χ3n) is 11.4. The first-order valence-electron chi connectivity index (χ1n) is 20.0. The molecule has 0 bridgehead atoms. The van der Waals surface area contributed by atoms with Gasteiger partial charge in [-0.15, -0.1) is 0 Å². The topological polar surface area (TPSA) is 77.8 Å². The number of furan rings is 1. The molecule has 0 N–H and O–H groups in total. The van der Waals surface area contributed by atoms with E-state index in [9.17, 15) is 0 Å². The van der Waals surface area contributed by atoms with Gasteiger partial charge in [-0.2, -0.15) is 0 Å². The van der Waals surface area contributed by atoms with Gasteiger partial charge in [0.05, 0.1) is 0 Å². The van der Waals surface area contributed by atoms with Crippen LogP contribution in [0.3, 0.4) is 0 Å². The molecule has 3 heterocycles. The Morgan fingerprint density at radius 3 is 1.82 bits per heavy atom. The van der Waals surface area contributed by atoms with Crippen molar-refractivity contribution in [3.63, 3.8) is 0 Å². The summed E-state index contributed by atoms with van der Waals surface area (Å²) in [5.41, 5.74) is 11.0. The van der Waals surface area contributed by atoms with Crippen LogP contribution in [0, 0.1) is 0 Å². The van der Waals surface area contributed by atoms with Crippen LogP contribution in [0.1, 0.15) is 0 Å². The van der Waals surface area contributed by atoms with Gasteiger partial charge in [0, 0.05) is 38.4 Å². The van der Waals surface area contributed by atoms with Gasteiger partial charge in [0.1, 0.15) is 16.7 Å². The fraction of sp³-hybridized carbons (Fsp3) is 0. The van der Waals surface area contributed by atoms with Crippen LogP contribution in [0.25, 0.3) is 122 Å². The molecule has 0 spiro atoms. The number of rotatable bonds is 6. The third-order valence-corrected chi connectivity index (χ3v) is 11.4. The van der Waals surface area contributed by atoms with Crippen LogP contribution in [-0.4, -0.2) is 19.9 Å². The number of hydrogen-bond donors (Lipinski definition) is 0. The first-order chi connectivity index (χ1) is 29.7. The van der Waals surface area contributed by atoms with Crippen molar-refractivity contribution in [2.24, 2.45) is 0 Å². The molecule has 6 heteroatoms. The summed E-state index contributed by atoms with van der Waals surface area (Å²) in [6.45, 7) is 0. The highest BCUT2D eigenvalue weighted by Crippen LogP contribution is 2.41. The number of aromatic nitrogens is 4. The van der Waals surface area contributed by atoms with Crippen LogP contribution in [0.2, 0.25) is 0 Å². The Morgan fingerprint density at radius 2 is 0.950 bits per heavy atom. The van der Waals surface area contributed by atoms with Crippen molar-refractivity contribution in [1.82, 2.24) is 19.9 Å². The molecule has 0 atom stereocenters. The van der Waals surface area contributed by atoms with Crippen LogP contribution in [-0.2, 0) is 0 Å². The third kappa shape index (κ3) is 5.65. The lowest BCUT2D eigenvalue weighted by atomic mass is 9.96. The summed E-state index contributed by atoms with van der Waals surface area (Å²) in [6.07, 6.45) is 0. The Kier molecular flexibility index (Phi) is 7.74. The van der Waals surface area contributed by atoms with Crippen molar-refractivity contribution in [2.75, 3.05) is 0 Å². The lowest BCUT2D eigenvalue weighted by molar-refractivity contribution is 0.623. The molecule has 0 radical (unpaired) electrons. The van der Waals surface area contributed by atoms with Crippen LogP contribution >= 0.6 is 0 Å². The van der Waals surface area contributed by atoms with Crippen molar-refractivity contribution < 1.29 is 8.83 Å². The zero-order valence-corrected chi connectivity index (χ0v) is 32.1. The Morgan fingerprint density at radius 1 is 0.317 bits per heavy atom. The quantitative estimate of drug-likeness (QED) is 0.168. The van der Waals surface area contributed by atoms with Gasteiger partial charge in [-0.1, -0.05) is 152 Å². The average molecular weight is 769 g/mol. The highest BCUT2D eigenvalue weighted by molar-refractivity contribution is 6.15. The maximum absolute atomic E-state index is 6.66. The molecule has 0 fully saturated rings. The van der Waals surface area contributed by atoms with E-state index >= 15 is 0 Å². The van der Waals surface area contributed by atoms with E-state index in [1.807, 2.05) is 78.9 Å². The fourth-order valence-corrected chi connectivity index (χ4v) is 8.52. The van der Waals surface area contributed by atoms with E-state index in [1.165, 1.54) is 10.8 Å². The molecule has 0 aliphatic carbocycles. The Labute approximate surface area is 344 Å². The summed E-state index contributed by atoms with van der Waals surface area (Å²) in [5, 5.41) is 6.40. The van der Waals surface area contributed by atoms with Crippen molar-refractivity contribution >= 4 is 54.6 Å². The Hall–Kier alpha value is -8.22. The van der Waals surface area contributed by atoms with Crippen molar-refractivity contribution in [3.05, 3.63) is 194 Å². The minimum absolute atomic E-state index is 0.572. The maximum Gasteiger partial charge on any atom is 0.227 e. The number of oxazole rings is 1. The minimum Gasteiger partial charge on any atom is -0.456 e. The molecule has 12 aromatic rings. The molecule has 0 saturated heterocycles. The first kappa shape index (κ1) is 33.9. The van der Waals surface area contributed by atoms with Crippen molar-refractivity contribution in [1.29, 1.82) is 0 Å². The monoisotopic (exact) mass is 768 g/mol. The molecule has 60 heavy (non-hydrogen) atoms. The number of nitrogens with zero attached hydrogens (tertiary/aromatic N) is 4. The second kappa shape index (κ2) is 13.7. The lowest BCUT2D eigenvalue weighted by Gasteiger charge is -2.11. The average Bonchev–Trinajstić information content (AvgIpc) is 3.94. The number of fused-ring (bicyclic) bond motifs is 7. The van der Waals surface area contributed by atoms with Gasteiger partial charge in [-0.05, 0) is 80.9 Å². The van der Waals surface area contributed by atoms with Gasteiger partial charge >= 0.3 is 0 Å². The Bertz CT molecular complexity index is 3610. The maximum atomic E-state index is 6.66. The number of benzene rings is 9. The Balaban J connectivity index is 1.01. The van der Waals surface area contributed by atoms with Crippen molar-refractivity contribution in [3.8, 4) is 67.9 Å². The highest BCUT2D eigenvalue weighted by atomic mass is 16.3. The molecule has 0 unspecified atom stereocenters. The zero-order chi connectivity index (χ0) is 39.6. The molecule has 0 amide bonds. The van der Waals surface area contributed by atoms with Crippen LogP contribution in [0.5, 0.6) is 0 Å². The van der Waals surface area contributed by atoms with Gasteiger partial charge in [-0.3, -0.25) is 0 Å². The summed E-state index contributed by atoms with van der Waals surface area (Å²) in [5.74, 6) is 2.37. The van der Waals surface area contributed by atoms with Crippen LogP contribution in [0.4, 0.5) is 0 Å². The standard InChI is InChI=1S/C54H32N4O2/c1-3-14-35(15-4-1)51-56-52(39-21-9-20-37(31-39)41-23-10-18-33-13-7-8-22-40(33)41)58-53(57-51)44-25-12-26-46-49(44)43-29-27-38(32-47(43)59-46)42-24-11-19-34-28-30-45-50(48(34)42)60-54(55-45)36-16-5-2-6-17-36/h1-32H. The molecule has 280 valence electrons. The largest absolute Gasteiger partial charge is 0.456 e. The van der Waals surface area contributed by atoms with Gasteiger partial charge in [0.15, 0.2) is 23.1 Å². The van der Waals surface area contributed by atoms with Crippen molar-refractivity contribution in [2.45, 2.75) is 0 Å². The van der Waals surface area contributed by atoms with E-state index in [4.69, 9.17) is 28.8 Å². The van der Waals surface area contributed by atoms with Gasteiger partial charge in [0.2, 0.25) is 5.89 Å². The fourth-order valence-electron chi connectivity index (χ4n) is 8.52. The number of hydrogen-bond acceptors (Lipinski definition) is 6. The summed E-state index contributed by atoms with van der Waals surface area (Å²) in [7, 11) is 0. The second-order valence-corrected chi connectivity index (χ2v) is 15.0. The second-order valence-electron chi connectivity index (χ2n) is 15.0. The van der Waals surface area contributed by atoms with Gasteiger partial charge < -0.3 is 8.83 Å². The van der Waals surface area contributed by atoms with E-state index in [0.29, 0.717) is 23.4 Å². The lowest BCUT2D eigenvalue weighted by Crippen LogP contribution is -2.00. The summed E-state index contributed by atoms with van der Waals surface area (Å²) < 4.78 is 13.2. The minimum atomic E-state index is 0.572. The molecular formula is C54H32N4O2. The first-order valence-corrected chi connectivity index (χ1v) is 20.0. The predicted octanol–water partition coefficient (Wildman–Crippen LogP) is 14.2. The normalized spacial score (nSPS) is 11.7. The van der Waals surface area contributed by atoms with E-state index in [0.717, 1.165) is 88.3 Å². The predicted molar refractivity (Wildman–Crippen MR) is 242 cm³/mol. The molecule has 0 aliphatic rings. The van der Waals surface area contributed by atoms with E-state index < -0.39 is 0 Å². The summed E-state index contributed by atoms with van der Waals surface area (Å²) in [4.78, 5) is 20.3. The van der Waals surface area contributed by atoms with E-state index in [-0.39, 0.29) is 0 Å². The van der Waals surface area contributed by atoms with Crippen LogP contribution in [0.15, 0.2) is 203 Å². The molecule has 3 aromatic heterocycles. The summed E-state index contributed by atoms with van der Waals surface area (Å²) >= 11 is 0. The molecule has 0 aliphatic heterocycles. The van der Waals surface area contributed by atoms with E-state index in [1.54, 1.807) is 0 Å². The van der Waals surface area contributed by atoms with Gasteiger partial charge in [0.25, 0.3) is 0 Å². The van der Waals surface area contributed by atoms with Crippen LogP contribution < -0.4 is 0 Å². The molecular weight excluding hydrogens is 737 g/mol. The smallest absolute Gasteiger partial charge is 0.227 e. The van der Waals surface area contributed by atoms with Gasteiger partial charge in [-0.25, -0.2) is 19.9 Å².